The third kappa shape index (κ3) is 2.29. The van der Waals surface area contributed by atoms with E-state index in [9.17, 15) is 4.79 Å². The van der Waals surface area contributed by atoms with E-state index < -0.39 is 5.91 Å². The molecule has 106 valence electrons. The standard InChI is InChI=1S/C16H20N2O2/c1-10(2)18-11(3)13(16(17)19)9-14(18)12-7-5-6-8-15(12)20-4/h5-10H,1-4H3,(H2,17,19). The highest BCUT2D eigenvalue weighted by Crippen LogP contribution is 2.34. The van der Waals surface area contributed by atoms with Gasteiger partial charge in [-0.15, -0.1) is 0 Å². The molecule has 0 fully saturated rings. The first kappa shape index (κ1) is 14.2. The fourth-order valence-electron chi connectivity index (χ4n) is 2.60. The number of benzene rings is 1. The Balaban J connectivity index is 2.73. The number of ether oxygens (including phenoxy) is 1. The molecule has 0 unspecified atom stereocenters. The summed E-state index contributed by atoms with van der Waals surface area (Å²) in [5.41, 5.74) is 8.81. The predicted molar refractivity (Wildman–Crippen MR) is 80.1 cm³/mol. The Morgan fingerprint density at radius 2 is 1.95 bits per heavy atom. The van der Waals surface area contributed by atoms with Crippen molar-refractivity contribution in [3.05, 3.63) is 41.6 Å². The lowest BCUT2D eigenvalue weighted by Crippen LogP contribution is -2.13. The molecule has 1 aromatic heterocycles. The van der Waals surface area contributed by atoms with Gasteiger partial charge in [-0.3, -0.25) is 4.79 Å². The van der Waals surface area contributed by atoms with E-state index in [0.29, 0.717) is 5.56 Å². The minimum absolute atomic E-state index is 0.225. The molecule has 0 aliphatic carbocycles. The molecule has 0 atom stereocenters. The van der Waals surface area contributed by atoms with Gasteiger partial charge in [-0.05, 0) is 39.0 Å². The van der Waals surface area contributed by atoms with Crippen molar-refractivity contribution in [1.82, 2.24) is 4.57 Å². The number of primary amides is 1. The van der Waals surface area contributed by atoms with E-state index in [4.69, 9.17) is 10.5 Å². The summed E-state index contributed by atoms with van der Waals surface area (Å²) in [7, 11) is 1.64. The van der Waals surface area contributed by atoms with Crippen LogP contribution in [0.25, 0.3) is 11.3 Å². The normalized spacial score (nSPS) is 10.8. The minimum Gasteiger partial charge on any atom is -0.496 e. The van der Waals surface area contributed by atoms with E-state index in [1.807, 2.05) is 37.3 Å². The molecule has 1 heterocycles. The van der Waals surface area contributed by atoms with Crippen LogP contribution in [0.4, 0.5) is 0 Å². The van der Waals surface area contributed by atoms with Gasteiger partial charge in [0.05, 0.1) is 18.4 Å². The van der Waals surface area contributed by atoms with Crippen LogP contribution in [0.2, 0.25) is 0 Å². The van der Waals surface area contributed by atoms with Gasteiger partial charge in [-0.25, -0.2) is 0 Å². The summed E-state index contributed by atoms with van der Waals surface area (Å²) in [5, 5.41) is 0. The number of rotatable bonds is 4. The first-order valence-electron chi connectivity index (χ1n) is 6.62. The molecule has 0 aliphatic rings. The monoisotopic (exact) mass is 272 g/mol. The first-order valence-corrected chi connectivity index (χ1v) is 6.62. The zero-order valence-electron chi connectivity index (χ0n) is 12.3. The Hall–Kier alpha value is -2.23. The molecule has 0 bridgehead atoms. The van der Waals surface area contributed by atoms with Gasteiger partial charge in [0.1, 0.15) is 5.75 Å². The van der Waals surface area contributed by atoms with E-state index in [1.54, 1.807) is 7.11 Å². The second kappa shape index (κ2) is 5.41. The predicted octanol–water partition coefficient (Wildman–Crippen LogP) is 3.15. The average Bonchev–Trinajstić information content (AvgIpc) is 2.76. The van der Waals surface area contributed by atoms with E-state index in [2.05, 4.69) is 18.4 Å². The first-order chi connectivity index (χ1) is 9.47. The number of carbonyl (C=O) groups excluding carboxylic acids is 1. The summed E-state index contributed by atoms with van der Waals surface area (Å²) in [6, 6.07) is 9.84. The molecule has 2 aromatic rings. The third-order valence-electron chi connectivity index (χ3n) is 3.46. The summed E-state index contributed by atoms with van der Waals surface area (Å²) in [6.07, 6.45) is 0. The van der Waals surface area contributed by atoms with Crippen molar-refractivity contribution in [2.45, 2.75) is 26.8 Å². The van der Waals surface area contributed by atoms with E-state index in [-0.39, 0.29) is 6.04 Å². The number of hydrogen-bond acceptors (Lipinski definition) is 2. The number of para-hydroxylation sites is 1. The number of methoxy groups -OCH3 is 1. The second-order valence-electron chi connectivity index (χ2n) is 5.06. The third-order valence-corrected chi connectivity index (χ3v) is 3.46. The van der Waals surface area contributed by atoms with E-state index in [0.717, 1.165) is 22.7 Å². The van der Waals surface area contributed by atoms with Crippen molar-refractivity contribution in [2.24, 2.45) is 5.73 Å². The fraction of sp³-hybridized carbons (Fsp3) is 0.312. The smallest absolute Gasteiger partial charge is 0.250 e. The van der Waals surface area contributed by atoms with Crippen LogP contribution in [0, 0.1) is 6.92 Å². The lowest BCUT2D eigenvalue weighted by atomic mass is 10.1. The van der Waals surface area contributed by atoms with Crippen molar-refractivity contribution in [3.8, 4) is 17.0 Å². The van der Waals surface area contributed by atoms with Crippen LogP contribution in [-0.2, 0) is 0 Å². The molecule has 1 amide bonds. The van der Waals surface area contributed by atoms with Crippen LogP contribution in [0.15, 0.2) is 30.3 Å². The number of nitrogens with zero attached hydrogens (tertiary/aromatic N) is 1. The highest BCUT2D eigenvalue weighted by atomic mass is 16.5. The summed E-state index contributed by atoms with van der Waals surface area (Å²) in [4.78, 5) is 11.6. The number of amides is 1. The molecule has 0 saturated heterocycles. The molecule has 2 N–H and O–H groups in total. The lowest BCUT2D eigenvalue weighted by molar-refractivity contribution is 0.0999. The van der Waals surface area contributed by atoms with Crippen molar-refractivity contribution in [2.75, 3.05) is 7.11 Å². The van der Waals surface area contributed by atoms with Gasteiger partial charge in [0.15, 0.2) is 0 Å². The Bertz CT molecular complexity index is 642. The molecule has 4 heteroatoms. The van der Waals surface area contributed by atoms with Gasteiger partial charge < -0.3 is 15.0 Å². The molecule has 4 nitrogen and oxygen atoms in total. The molecular weight excluding hydrogens is 252 g/mol. The van der Waals surface area contributed by atoms with E-state index in [1.165, 1.54) is 0 Å². The maximum Gasteiger partial charge on any atom is 0.250 e. The van der Waals surface area contributed by atoms with E-state index >= 15 is 0 Å². The second-order valence-corrected chi connectivity index (χ2v) is 5.06. The minimum atomic E-state index is -0.405. The Morgan fingerprint density at radius 1 is 1.30 bits per heavy atom. The fourth-order valence-corrected chi connectivity index (χ4v) is 2.60. The van der Waals surface area contributed by atoms with Crippen LogP contribution in [-0.4, -0.2) is 17.6 Å². The topological polar surface area (TPSA) is 57.2 Å². The molecule has 2 rings (SSSR count). The largest absolute Gasteiger partial charge is 0.496 e. The van der Waals surface area contributed by atoms with Crippen molar-refractivity contribution in [1.29, 1.82) is 0 Å². The molecule has 0 radical (unpaired) electrons. The van der Waals surface area contributed by atoms with Crippen LogP contribution >= 0.6 is 0 Å². The Labute approximate surface area is 119 Å². The van der Waals surface area contributed by atoms with Gasteiger partial charge >= 0.3 is 0 Å². The van der Waals surface area contributed by atoms with Crippen LogP contribution in [0.5, 0.6) is 5.75 Å². The number of hydrogen-bond donors (Lipinski definition) is 1. The van der Waals surface area contributed by atoms with Gasteiger partial charge in [0.2, 0.25) is 0 Å². The van der Waals surface area contributed by atoms with Gasteiger partial charge in [-0.1, -0.05) is 12.1 Å². The average molecular weight is 272 g/mol. The Kier molecular flexibility index (Phi) is 3.84. The summed E-state index contributed by atoms with van der Waals surface area (Å²) in [5.74, 6) is 0.376. The molecule has 0 spiro atoms. The molecular formula is C16H20N2O2. The molecule has 1 aromatic carbocycles. The van der Waals surface area contributed by atoms with Crippen molar-refractivity contribution in [3.63, 3.8) is 0 Å². The number of carbonyl (C=O) groups is 1. The summed E-state index contributed by atoms with van der Waals surface area (Å²) < 4.78 is 7.52. The summed E-state index contributed by atoms with van der Waals surface area (Å²) >= 11 is 0. The van der Waals surface area contributed by atoms with Gasteiger partial charge in [-0.2, -0.15) is 0 Å². The van der Waals surface area contributed by atoms with Gasteiger partial charge in [0.25, 0.3) is 5.91 Å². The van der Waals surface area contributed by atoms with Gasteiger partial charge in [0, 0.05) is 17.3 Å². The van der Waals surface area contributed by atoms with Crippen molar-refractivity contribution < 1.29 is 9.53 Å². The zero-order valence-corrected chi connectivity index (χ0v) is 12.3. The molecule has 0 saturated carbocycles. The van der Waals surface area contributed by atoms with Crippen molar-refractivity contribution >= 4 is 5.91 Å². The van der Waals surface area contributed by atoms with Crippen LogP contribution in [0.3, 0.4) is 0 Å². The van der Waals surface area contributed by atoms with Crippen LogP contribution in [0.1, 0.15) is 35.9 Å². The number of nitrogens with two attached hydrogens (primary N) is 1. The Morgan fingerprint density at radius 3 is 2.50 bits per heavy atom. The van der Waals surface area contributed by atoms with Crippen LogP contribution < -0.4 is 10.5 Å². The summed E-state index contributed by atoms with van der Waals surface area (Å²) in [6.45, 7) is 6.08. The maximum absolute atomic E-state index is 11.6. The zero-order chi connectivity index (χ0) is 14.9. The maximum atomic E-state index is 11.6. The quantitative estimate of drug-likeness (QED) is 0.929. The highest BCUT2D eigenvalue weighted by molar-refractivity contribution is 5.96. The lowest BCUT2D eigenvalue weighted by Gasteiger charge is -2.17. The highest BCUT2D eigenvalue weighted by Gasteiger charge is 2.20. The number of aromatic nitrogens is 1. The molecule has 20 heavy (non-hydrogen) atoms. The molecule has 0 aliphatic heterocycles. The SMILES string of the molecule is COc1ccccc1-c1cc(C(N)=O)c(C)n1C(C)C.